The van der Waals surface area contributed by atoms with E-state index in [1.54, 1.807) is 0 Å². The fourth-order valence-corrected chi connectivity index (χ4v) is 2.82. The van der Waals surface area contributed by atoms with Crippen molar-refractivity contribution < 1.29 is 9.53 Å². The Morgan fingerprint density at radius 3 is 2.12 bits per heavy atom. The molecule has 2 heterocycles. The van der Waals surface area contributed by atoms with Gasteiger partial charge in [0.05, 0.1) is 6.61 Å². The van der Waals surface area contributed by atoms with E-state index in [-0.39, 0.29) is 11.9 Å². The zero-order chi connectivity index (χ0) is 17.0. The molecule has 0 aliphatic heterocycles. The second-order valence-electron chi connectivity index (χ2n) is 5.82. The second-order valence-corrected chi connectivity index (χ2v) is 5.82. The number of aromatic nitrogens is 2. The Hall–Kier alpha value is -2.23. The zero-order valence-corrected chi connectivity index (χ0v) is 14.4. The molecule has 0 saturated carbocycles. The molecular formula is C20H26N2O2. The van der Waals surface area contributed by atoms with Crippen molar-refractivity contribution in [2.75, 3.05) is 6.61 Å². The molecule has 0 N–H and O–H groups in total. The molecule has 0 amide bonds. The number of rotatable bonds is 10. The quantitative estimate of drug-likeness (QED) is 0.476. The van der Waals surface area contributed by atoms with Crippen molar-refractivity contribution in [3.05, 3.63) is 60.2 Å². The Bertz CT molecular complexity index is 548. The van der Waals surface area contributed by atoms with Crippen LogP contribution in [0.2, 0.25) is 0 Å². The number of nitrogens with zero attached hydrogens (tertiary/aromatic N) is 2. The maximum Gasteiger partial charge on any atom is 0.305 e. The van der Waals surface area contributed by atoms with Gasteiger partial charge in [-0.1, -0.05) is 31.4 Å². The fourth-order valence-electron chi connectivity index (χ4n) is 2.82. The van der Waals surface area contributed by atoms with Gasteiger partial charge < -0.3 is 4.74 Å². The minimum Gasteiger partial charge on any atom is -0.466 e. The number of unbranched alkanes of at least 4 members (excludes halogenated alkanes) is 3. The second kappa shape index (κ2) is 10.5. The Labute approximate surface area is 144 Å². The maximum atomic E-state index is 11.3. The number of esters is 1. The minimum absolute atomic E-state index is 0.0858. The molecule has 24 heavy (non-hydrogen) atoms. The van der Waals surface area contributed by atoms with Crippen LogP contribution >= 0.6 is 0 Å². The van der Waals surface area contributed by atoms with E-state index in [1.165, 1.54) is 0 Å². The summed E-state index contributed by atoms with van der Waals surface area (Å²) in [7, 11) is 0. The van der Waals surface area contributed by atoms with Gasteiger partial charge in [0.15, 0.2) is 0 Å². The average Bonchev–Trinajstić information content (AvgIpc) is 2.63. The first-order chi connectivity index (χ1) is 11.8. The number of hydrogen-bond acceptors (Lipinski definition) is 4. The molecule has 4 nitrogen and oxygen atoms in total. The van der Waals surface area contributed by atoms with Crippen molar-refractivity contribution in [1.82, 2.24) is 9.97 Å². The fraction of sp³-hybridized carbons (Fsp3) is 0.450. The number of pyridine rings is 2. The molecule has 2 aromatic rings. The lowest BCUT2D eigenvalue weighted by Gasteiger charge is -2.15. The zero-order valence-electron chi connectivity index (χ0n) is 14.4. The molecule has 4 heteroatoms. The third-order valence-electron chi connectivity index (χ3n) is 4.02. The number of hydrogen-bond donors (Lipinski definition) is 0. The van der Waals surface area contributed by atoms with Gasteiger partial charge in [-0.3, -0.25) is 14.8 Å². The highest BCUT2D eigenvalue weighted by molar-refractivity contribution is 5.69. The smallest absolute Gasteiger partial charge is 0.305 e. The van der Waals surface area contributed by atoms with Crippen LogP contribution in [-0.2, 0) is 9.53 Å². The van der Waals surface area contributed by atoms with E-state index in [2.05, 4.69) is 22.1 Å². The third kappa shape index (κ3) is 6.11. The predicted molar refractivity (Wildman–Crippen MR) is 94.7 cm³/mol. The van der Waals surface area contributed by atoms with Gasteiger partial charge in [-0.25, -0.2) is 0 Å². The average molecular weight is 326 g/mol. The van der Waals surface area contributed by atoms with E-state index in [0.29, 0.717) is 13.0 Å². The summed E-state index contributed by atoms with van der Waals surface area (Å²) in [5, 5.41) is 0. The highest BCUT2D eigenvalue weighted by Gasteiger charge is 2.16. The predicted octanol–water partition coefficient (Wildman–Crippen LogP) is 4.51. The Morgan fingerprint density at radius 1 is 0.958 bits per heavy atom. The van der Waals surface area contributed by atoms with E-state index in [0.717, 1.165) is 43.5 Å². The van der Waals surface area contributed by atoms with Gasteiger partial charge in [0.1, 0.15) is 0 Å². The number of carbonyl (C=O) groups is 1. The van der Waals surface area contributed by atoms with Gasteiger partial charge in [0.25, 0.3) is 0 Å². The van der Waals surface area contributed by atoms with Gasteiger partial charge in [-0.05, 0) is 44.0 Å². The summed E-state index contributed by atoms with van der Waals surface area (Å²) in [5.41, 5.74) is 2.14. The van der Waals surface area contributed by atoms with Crippen LogP contribution in [0.15, 0.2) is 48.8 Å². The van der Waals surface area contributed by atoms with Gasteiger partial charge >= 0.3 is 5.97 Å². The van der Waals surface area contributed by atoms with Gasteiger partial charge in [-0.15, -0.1) is 0 Å². The van der Waals surface area contributed by atoms with E-state index in [9.17, 15) is 4.79 Å². The number of ether oxygens (including phenoxy) is 1. The van der Waals surface area contributed by atoms with Gasteiger partial charge in [0.2, 0.25) is 0 Å². The molecule has 2 aromatic heterocycles. The molecule has 128 valence electrons. The molecule has 2 rings (SSSR count). The molecule has 0 aliphatic carbocycles. The highest BCUT2D eigenvalue weighted by Crippen LogP contribution is 2.27. The summed E-state index contributed by atoms with van der Waals surface area (Å²) in [6, 6.07) is 12.1. The van der Waals surface area contributed by atoms with Crippen molar-refractivity contribution in [1.29, 1.82) is 0 Å². The normalized spacial score (nSPS) is 10.8. The summed E-state index contributed by atoms with van der Waals surface area (Å²) < 4.78 is 4.95. The molecule has 0 aromatic carbocycles. The lowest BCUT2D eigenvalue weighted by Crippen LogP contribution is -2.06. The Kier molecular flexibility index (Phi) is 7.94. The largest absolute Gasteiger partial charge is 0.466 e. The molecular weight excluding hydrogens is 300 g/mol. The van der Waals surface area contributed by atoms with E-state index < -0.39 is 0 Å². The van der Waals surface area contributed by atoms with Crippen LogP contribution in [0.4, 0.5) is 0 Å². The van der Waals surface area contributed by atoms with Gasteiger partial charge in [-0.2, -0.15) is 0 Å². The topological polar surface area (TPSA) is 52.1 Å². The van der Waals surface area contributed by atoms with Crippen molar-refractivity contribution in [3.63, 3.8) is 0 Å². The molecule has 0 radical (unpaired) electrons. The molecule has 0 atom stereocenters. The van der Waals surface area contributed by atoms with E-state index >= 15 is 0 Å². The van der Waals surface area contributed by atoms with Crippen molar-refractivity contribution in [2.45, 2.75) is 51.4 Å². The van der Waals surface area contributed by atoms with Crippen molar-refractivity contribution >= 4 is 5.97 Å². The molecule has 0 spiro atoms. The summed E-state index contributed by atoms with van der Waals surface area (Å²) in [6.07, 6.45) is 9.38. The van der Waals surface area contributed by atoms with E-state index in [4.69, 9.17) is 4.74 Å². The minimum atomic E-state index is -0.0858. The summed E-state index contributed by atoms with van der Waals surface area (Å²) in [4.78, 5) is 20.3. The van der Waals surface area contributed by atoms with Crippen LogP contribution in [-0.4, -0.2) is 22.5 Å². The standard InChI is InChI=1S/C20H26N2O2/c1-2-24-20(23)14-6-4-3-5-11-17(18-12-7-9-15-21-18)19-13-8-10-16-22-19/h7-10,12-13,15-17H,2-6,11,14H2,1H3. The molecule has 0 unspecified atom stereocenters. The van der Waals surface area contributed by atoms with E-state index in [1.807, 2.05) is 43.6 Å². The first-order valence-electron chi connectivity index (χ1n) is 8.78. The van der Waals surface area contributed by atoms with Crippen LogP contribution in [0.25, 0.3) is 0 Å². The molecule has 0 fully saturated rings. The molecule has 0 aliphatic rings. The molecule has 0 saturated heterocycles. The lowest BCUT2D eigenvalue weighted by atomic mass is 9.93. The number of carbonyl (C=O) groups excluding carboxylic acids is 1. The lowest BCUT2D eigenvalue weighted by molar-refractivity contribution is -0.143. The SMILES string of the molecule is CCOC(=O)CCCCCCC(c1ccccn1)c1ccccn1. The van der Waals surface area contributed by atoms with Crippen LogP contribution in [0.1, 0.15) is 62.8 Å². The maximum absolute atomic E-state index is 11.3. The third-order valence-corrected chi connectivity index (χ3v) is 4.02. The van der Waals surface area contributed by atoms with Crippen LogP contribution in [0, 0.1) is 0 Å². The summed E-state index contributed by atoms with van der Waals surface area (Å²) in [6.45, 7) is 2.31. The monoisotopic (exact) mass is 326 g/mol. The van der Waals surface area contributed by atoms with Crippen molar-refractivity contribution in [3.8, 4) is 0 Å². The van der Waals surface area contributed by atoms with Crippen LogP contribution in [0.5, 0.6) is 0 Å². The summed E-state index contributed by atoms with van der Waals surface area (Å²) >= 11 is 0. The molecule has 0 bridgehead atoms. The first kappa shape index (κ1) is 18.1. The Balaban J connectivity index is 1.81. The Morgan fingerprint density at radius 2 is 1.58 bits per heavy atom. The van der Waals surface area contributed by atoms with Crippen molar-refractivity contribution in [2.24, 2.45) is 0 Å². The van der Waals surface area contributed by atoms with Crippen LogP contribution in [0.3, 0.4) is 0 Å². The highest BCUT2D eigenvalue weighted by atomic mass is 16.5. The summed E-state index contributed by atoms with van der Waals surface area (Å²) in [5.74, 6) is 0.148. The van der Waals surface area contributed by atoms with Gasteiger partial charge in [0, 0.05) is 36.1 Å². The van der Waals surface area contributed by atoms with Crippen LogP contribution < -0.4 is 0 Å². The first-order valence-corrected chi connectivity index (χ1v) is 8.78.